The van der Waals surface area contributed by atoms with Gasteiger partial charge in [-0.2, -0.15) is 0 Å². The lowest BCUT2D eigenvalue weighted by Crippen LogP contribution is -2.47. The zero-order valence-corrected chi connectivity index (χ0v) is 10.5. The lowest BCUT2D eigenvalue weighted by molar-refractivity contribution is -0.383. The molecule has 0 unspecified atom stereocenters. The highest BCUT2D eigenvalue weighted by atomic mass is 16.6. The molecule has 1 aromatic carbocycles. The van der Waals surface area contributed by atoms with Crippen molar-refractivity contribution in [2.75, 3.05) is 5.32 Å². The van der Waals surface area contributed by atoms with Crippen LogP contribution in [0.1, 0.15) is 13.8 Å². The number of hydrogen-bond donors (Lipinski definition) is 3. The van der Waals surface area contributed by atoms with Crippen LogP contribution in [0.4, 0.5) is 11.4 Å². The number of nitrogens with two attached hydrogens (primary N) is 1. The molecule has 1 heterocycles. The molecular weight excluding hydrogens is 248 g/mol. The molecule has 0 fully saturated rings. The number of para-hydroxylation sites is 2. The number of hydrogen-bond acceptors (Lipinski definition) is 7. The molecule has 1 aliphatic rings. The van der Waals surface area contributed by atoms with E-state index in [9.17, 15) is 10.1 Å². The first kappa shape index (κ1) is 12.8. The SMILES string of the molecule is CC1(C)N=C(N)NC(Nc2ccccc2[N+](=O)[O-])=N1. The highest BCUT2D eigenvalue weighted by Crippen LogP contribution is 2.23. The van der Waals surface area contributed by atoms with Crippen LogP contribution in [0, 0.1) is 10.1 Å². The quantitative estimate of drug-likeness (QED) is 0.543. The third-order valence-corrected chi connectivity index (χ3v) is 2.38. The Morgan fingerprint density at radius 3 is 2.68 bits per heavy atom. The summed E-state index contributed by atoms with van der Waals surface area (Å²) in [6, 6.07) is 6.30. The Kier molecular flexibility index (Phi) is 3.07. The summed E-state index contributed by atoms with van der Waals surface area (Å²) in [4.78, 5) is 18.8. The summed E-state index contributed by atoms with van der Waals surface area (Å²) in [5.41, 5.74) is 5.23. The van der Waals surface area contributed by atoms with Gasteiger partial charge in [-0.25, -0.2) is 9.98 Å². The number of nitrogens with one attached hydrogen (secondary N) is 2. The molecule has 0 spiro atoms. The molecule has 0 saturated carbocycles. The molecule has 0 bridgehead atoms. The van der Waals surface area contributed by atoms with E-state index in [0.717, 1.165) is 0 Å². The molecule has 1 aromatic rings. The Morgan fingerprint density at radius 1 is 1.37 bits per heavy atom. The van der Waals surface area contributed by atoms with Crippen LogP contribution in [0.15, 0.2) is 34.3 Å². The molecule has 0 saturated heterocycles. The van der Waals surface area contributed by atoms with Crippen molar-refractivity contribution in [1.29, 1.82) is 0 Å². The van der Waals surface area contributed by atoms with Crippen molar-refractivity contribution in [1.82, 2.24) is 5.32 Å². The van der Waals surface area contributed by atoms with Crippen LogP contribution in [-0.4, -0.2) is 22.5 Å². The molecule has 100 valence electrons. The van der Waals surface area contributed by atoms with Crippen LogP contribution >= 0.6 is 0 Å². The van der Waals surface area contributed by atoms with E-state index in [0.29, 0.717) is 11.6 Å². The lowest BCUT2D eigenvalue weighted by atomic mass is 10.2. The van der Waals surface area contributed by atoms with E-state index in [1.54, 1.807) is 32.0 Å². The summed E-state index contributed by atoms with van der Waals surface area (Å²) in [7, 11) is 0. The fourth-order valence-electron chi connectivity index (χ4n) is 1.70. The van der Waals surface area contributed by atoms with E-state index < -0.39 is 10.6 Å². The van der Waals surface area contributed by atoms with Crippen LogP contribution in [0.2, 0.25) is 0 Å². The Bertz CT molecular complexity index is 578. The highest BCUT2D eigenvalue weighted by Gasteiger charge is 2.23. The van der Waals surface area contributed by atoms with E-state index in [-0.39, 0.29) is 11.6 Å². The van der Waals surface area contributed by atoms with Crippen molar-refractivity contribution in [2.45, 2.75) is 19.5 Å². The predicted octanol–water partition coefficient (Wildman–Crippen LogP) is 1.02. The molecule has 0 radical (unpaired) electrons. The van der Waals surface area contributed by atoms with Gasteiger partial charge in [0.25, 0.3) is 5.69 Å². The second kappa shape index (κ2) is 4.56. The first-order valence-corrected chi connectivity index (χ1v) is 5.60. The van der Waals surface area contributed by atoms with E-state index >= 15 is 0 Å². The standard InChI is InChI=1S/C11H14N6O2/c1-11(2)15-9(12)14-10(16-11)13-7-5-3-4-6-8(7)17(18)19/h3-6H,1-2H3,(H4,12,13,14,15,16). The van der Waals surface area contributed by atoms with Gasteiger partial charge in [0.1, 0.15) is 5.69 Å². The molecule has 19 heavy (non-hydrogen) atoms. The third kappa shape index (κ3) is 2.97. The van der Waals surface area contributed by atoms with Gasteiger partial charge in [-0.05, 0) is 19.9 Å². The number of anilines is 1. The van der Waals surface area contributed by atoms with Gasteiger partial charge in [0.05, 0.1) is 4.92 Å². The molecule has 0 atom stereocenters. The number of nitro groups is 1. The maximum absolute atomic E-state index is 10.9. The van der Waals surface area contributed by atoms with Crippen LogP contribution in [0.25, 0.3) is 0 Å². The van der Waals surface area contributed by atoms with Gasteiger partial charge < -0.3 is 11.1 Å². The molecule has 1 aliphatic heterocycles. The normalized spacial score (nSPS) is 16.9. The fourth-order valence-corrected chi connectivity index (χ4v) is 1.70. The summed E-state index contributed by atoms with van der Waals surface area (Å²) in [6.07, 6.45) is 0. The van der Waals surface area contributed by atoms with Crippen LogP contribution in [0.5, 0.6) is 0 Å². The van der Waals surface area contributed by atoms with Crippen molar-refractivity contribution in [2.24, 2.45) is 15.7 Å². The molecule has 2 rings (SSSR count). The second-order valence-corrected chi connectivity index (χ2v) is 4.48. The zero-order chi connectivity index (χ0) is 14.0. The van der Waals surface area contributed by atoms with Crippen molar-refractivity contribution < 1.29 is 4.92 Å². The Balaban J connectivity index is 2.28. The third-order valence-electron chi connectivity index (χ3n) is 2.38. The van der Waals surface area contributed by atoms with Crippen molar-refractivity contribution >= 4 is 23.3 Å². The number of nitro benzene ring substituents is 1. The minimum atomic E-state index is -0.707. The van der Waals surface area contributed by atoms with E-state index in [4.69, 9.17) is 5.73 Å². The number of benzene rings is 1. The molecule has 8 nitrogen and oxygen atoms in total. The average molecular weight is 262 g/mol. The van der Waals surface area contributed by atoms with Crippen molar-refractivity contribution in [3.63, 3.8) is 0 Å². The fraction of sp³-hybridized carbons (Fsp3) is 0.273. The van der Waals surface area contributed by atoms with E-state index in [1.165, 1.54) is 6.07 Å². The van der Waals surface area contributed by atoms with Gasteiger partial charge in [0, 0.05) is 6.07 Å². The van der Waals surface area contributed by atoms with Gasteiger partial charge >= 0.3 is 0 Å². The van der Waals surface area contributed by atoms with Gasteiger partial charge in [-0.15, -0.1) is 0 Å². The smallest absolute Gasteiger partial charge is 0.292 e. The van der Waals surface area contributed by atoms with Gasteiger partial charge in [-0.1, -0.05) is 12.1 Å². The lowest BCUT2D eigenvalue weighted by Gasteiger charge is -2.24. The molecule has 4 N–H and O–H groups in total. The molecule has 0 aromatic heterocycles. The topological polar surface area (TPSA) is 118 Å². The van der Waals surface area contributed by atoms with Gasteiger partial charge in [0.2, 0.25) is 5.96 Å². The number of rotatable bonds is 2. The summed E-state index contributed by atoms with van der Waals surface area (Å²) in [5, 5.41) is 16.5. The maximum atomic E-state index is 10.9. The monoisotopic (exact) mass is 262 g/mol. The number of guanidine groups is 2. The first-order valence-electron chi connectivity index (χ1n) is 5.60. The minimum Gasteiger partial charge on any atom is -0.370 e. The molecular formula is C11H14N6O2. The number of aliphatic imine (C=N–C) groups is 2. The van der Waals surface area contributed by atoms with Crippen molar-refractivity contribution in [3.05, 3.63) is 34.4 Å². The van der Waals surface area contributed by atoms with Crippen LogP contribution < -0.4 is 16.4 Å². The number of nitrogens with zero attached hydrogens (tertiary/aromatic N) is 3. The molecule has 0 amide bonds. The maximum Gasteiger partial charge on any atom is 0.292 e. The van der Waals surface area contributed by atoms with Crippen LogP contribution in [0.3, 0.4) is 0 Å². The van der Waals surface area contributed by atoms with Crippen LogP contribution in [-0.2, 0) is 0 Å². The van der Waals surface area contributed by atoms with Gasteiger partial charge in [0.15, 0.2) is 11.6 Å². The largest absolute Gasteiger partial charge is 0.370 e. The summed E-state index contributed by atoms with van der Waals surface area (Å²) < 4.78 is 0. The predicted molar refractivity (Wildman–Crippen MR) is 73.0 cm³/mol. The second-order valence-electron chi connectivity index (χ2n) is 4.48. The van der Waals surface area contributed by atoms with Crippen molar-refractivity contribution in [3.8, 4) is 0 Å². The minimum absolute atomic E-state index is 0.0362. The highest BCUT2D eigenvalue weighted by molar-refractivity contribution is 6.06. The molecule has 0 aliphatic carbocycles. The Morgan fingerprint density at radius 2 is 2.05 bits per heavy atom. The first-order chi connectivity index (χ1) is 8.87. The summed E-state index contributed by atoms with van der Waals surface area (Å²) in [5.74, 6) is 0.535. The Labute approximate surface area is 109 Å². The van der Waals surface area contributed by atoms with Gasteiger partial charge in [-0.3, -0.25) is 15.4 Å². The summed E-state index contributed by atoms with van der Waals surface area (Å²) in [6.45, 7) is 3.56. The zero-order valence-electron chi connectivity index (χ0n) is 10.5. The van der Waals surface area contributed by atoms with E-state index in [1.807, 2.05) is 0 Å². The average Bonchev–Trinajstić information content (AvgIpc) is 2.26. The Hall–Kier alpha value is -2.64. The summed E-state index contributed by atoms with van der Waals surface area (Å²) >= 11 is 0. The van der Waals surface area contributed by atoms with E-state index in [2.05, 4.69) is 20.6 Å². The molecule has 8 heteroatoms.